The van der Waals surface area contributed by atoms with Crippen LogP contribution in [0.25, 0.3) is 10.8 Å². The zero-order valence-electron chi connectivity index (χ0n) is 10.4. The fourth-order valence-corrected chi connectivity index (χ4v) is 2.09. The van der Waals surface area contributed by atoms with E-state index in [1.165, 1.54) is 0 Å². The maximum atomic E-state index is 12.2. The Morgan fingerprint density at radius 1 is 0.850 bits per heavy atom. The molecular formula is C15H11N3O2. The second-order valence-electron chi connectivity index (χ2n) is 4.26. The predicted octanol–water partition coefficient (Wildman–Crippen LogP) is 1.29. The Labute approximate surface area is 113 Å². The summed E-state index contributed by atoms with van der Waals surface area (Å²) in [5.74, 6) is 0. The number of fused-ring (bicyclic) bond motifs is 1. The summed E-state index contributed by atoms with van der Waals surface area (Å²) in [4.78, 5) is 12.2. The Balaban J connectivity index is 2.22. The van der Waals surface area contributed by atoms with Gasteiger partial charge in [0.15, 0.2) is 5.36 Å². The summed E-state index contributed by atoms with van der Waals surface area (Å²) in [7, 11) is 0. The fourth-order valence-electron chi connectivity index (χ4n) is 2.09. The second-order valence-corrected chi connectivity index (χ2v) is 4.26. The van der Waals surface area contributed by atoms with Crippen LogP contribution < -0.4 is 21.6 Å². The van der Waals surface area contributed by atoms with Crippen molar-refractivity contribution in [2.45, 2.75) is 0 Å². The molecule has 0 radical (unpaired) electrons. The van der Waals surface area contributed by atoms with Crippen molar-refractivity contribution >= 4 is 16.5 Å². The molecule has 0 aliphatic carbocycles. The minimum Gasteiger partial charge on any atom is -0.410 e. The SMILES string of the molecule is O=c1c(=N\Nc2ccccc2)/c(=N\O)c2ccccc12. The zero-order chi connectivity index (χ0) is 13.9. The molecule has 2 N–H and O–H groups in total. The average molecular weight is 265 g/mol. The summed E-state index contributed by atoms with van der Waals surface area (Å²) in [6.07, 6.45) is 0. The van der Waals surface area contributed by atoms with Gasteiger partial charge in [0.1, 0.15) is 5.36 Å². The first-order valence-corrected chi connectivity index (χ1v) is 6.06. The van der Waals surface area contributed by atoms with Crippen LogP contribution in [-0.4, -0.2) is 5.21 Å². The Hall–Kier alpha value is -2.95. The second kappa shape index (κ2) is 4.97. The number of rotatable bonds is 2. The molecule has 3 aromatic rings. The number of nitrogens with zero attached hydrogens (tertiary/aromatic N) is 2. The van der Waals surface area contributed by atoms with Crippen molar-refractivity contribution in [1.82, 2.24) is 0 Å². The summed E-state index contributed by atoms with van der Waals surface area (Å²) in [5.41, 5.74) is 3.29. The number of hydrogen-bond acceptors (Lipinski definition) is 5. The Kier molecular flexibility index (Phi) is 3.01. The van der Waals surface area contributed by atoms with Crippen LogP contribution in [0.3, 0.4) is 0 Å². The van der Waals surface area contributed by atoms with Gasteiger partial charge in [0.25, 0.3) is 0 Å². The van der Waals surface area contributed by atoms with E-state index in [0.29, 0.717) is 10.8 Å². The highest BCUT2D eigenvalue weighted by Gasteiger charge is 2.08. The quantitative estimate of drug-likeness (QED) is 0.541. The molecule has 5 heteroatoms. The monoisotopic (exact) mass is 265 g/mol. The minimum atomic E-state index is -0.253. The number of para-hydroxylation sites is 1. The maximum Gasteiger partial charge on any atom is 0.216 e. The predicted molar refractivity (Wildman–Crippen MR) is 75.6 cm³/mol. The van der Waals surface area contributed by atoms with E-state index in [1.54, 1.807) is 24.3 Å². The summed E-state index contributed by atoms with van der Waals surface area (Å²) < 4.78 is 0. The molecule has 3 aromatic carbocycles. The van der Waals surface area contributed by atoms with Crippen LogP contribution in [0, 0.1) is 0 Å². The topological polar surface area (TPSA) is 74.0 Å². The Bertz CT molecular complexity index is 908. The lowest BCUT2D eigenvalue weighted by Gasteiger charge is -1.96. The van der Waals surface area contributed by atoms with Crippen LogP contribution in [-0.2, 0) is 0 Å². The highest BCUT2D eigenvalue weighted by Crippen LogP contribution is 2.04. The van der Waals surface area contributed by atoms with E-state index in [1.807, 2.05) is 30.3 Å². The van der Waals surface area contributed by atoms with E-state index in [2.05, 4.69) is 15.7 Å². The zero-order valence-corrected chi connectivity index (χ0v) is 10.4. The average Bonchev–Trinajstić information content (AvgIpc) is 2.78. The van der Waals surface area contributed by atoms with Crippen molar-refractivity contribution in [3.63, 3.8) is 0 Å². The van der Waals surface area contributed by atoms with Gasteiger partial charge in [-0.05, 0) is 12.1 Å². The van der Waals surface area contributed by atoms with Crippen molar-refractivity contribution in [1.29, 1.82) is 0 Å². The summed E-state index contributed by atoms with van der Waals surface area (Å²) in [6, 6.07) is 16.2. The molecule has 0 saturated carbocycles. The van der Waals surface area contributed by atoms with Crippen LogP contribution in [0.2, 0.25) is 0 Å². The molecule has 0 aliphatic rings. The molecule has 5 nitrogen and oxygen atoms in total. The van der Waals surface area contributed by atoms with Crippen molar-refractivity contribution < 1.29 is 5.21 Å². The van der Waals surface area contributed by atoms with Crippen LogP contribution in [0.1, 0.15) is 0 Å². The molecular weight excluding hydrogens is 254 g/mol. The molecule has 0 saturated heterocycles. The lowest BCUT2D eigenvalue weighted by molar-refractivity contribution is 0.302. The van der Waals surface area contributed by atoms with Crippen LogP contribution >= 0.6 is 0 Å². The molecule has 0 spiro atoms. The van der Waals surface area contributed by atoms with Crippen molar-refractivity contribution in [3.05, 3.63) is 75.5 Å². The molecule has 0 unspecified atom stereocenters. The molecule has 3 rings (SSSR count). The first-order valence-electron chi connectivity index (χ1n) is 6.06. The Morgan fingerprint density at radius 2 is 1.50 bits per heavy atom. The van der Waals surface area contributed by atoms with Crippen LogP contribution in [0.15, 0.2) is 69.6 Å². The van der Waals surface area contributed by atoms with E-state index in [4.69, 9.17) is 5.21 Å². The number of anilines is 1. The standard InChI is InChI=1S/C15H11N3O2/c19-15-12-9-5-4-8-11(12)13(18-20)14(15)17-16-10-6-2-1-3-7-10/h1-9,16,20H/b17-14-,18-13-. The molecule has 0 aromatic heterocycles. The van der Waals surface area contributed by atoms with E-state index in [9.17, 15) is 4.79 Å². The Morgan fingerprint density at radius 3 is 2.20 bits per heavy atom. The first kappa shape index (κ1) is 12.1. The third-order valence-corrected chi connectivity index (χ3v) is 3.04. The molecule has 0 atom stereocenters. The smallest absolute Gasteiger partial charge is 0.216 e. The van der Waals surface area contributed by atoms with Crippen molar-refractivity contribution in [2.24, 2.45) is 10.3 Å². The van der Waals surface area contributed by atoms with Crippen LogP contribution in [0.5, 0.6) is 0 Å². The van der Waals surface area contributed by atoms with Gasteiger partial charge < -0.3 is 5.21 Å². The van der Waals surface area contributed by atoms with Gasteiger partial charge in [0.2, 0.25) is 5.43 Å². The minimum absolute atomic E-state index is 0.109. The van der Waals surface area contributed by atoms with Crippen molar-refractivity contribution in [3.8, 4) is 0 Å². The van der Waals surface area contributed by atoms with Gasteiger partial charge in [0, 0.05) is 10.8 Å². The maximum absolute atomic E-state index is 12.2. The van der Waals surface area contributed by atoms with Gasteiger partial charge in [-0.25, -0.2) is 0 Å². The van der Waals surface area contributed by atoms with Gasteiger partial charge in [-0.15, -0.1) is 0 Å². The van der Waals surface area contributed by atoms with Crippen molar-refractivity contribution in [2.75, 3.05) is 5.43 Å². The van der Waals surface area contributed by atoms with E-state index in [-0.39, 0.29) is 16.1 Å². The molecule has 0 heterocycles. The first-order chi connectivity index (χ1) is 9.81. The molecule has 20 heavy (non-hydrogen) atoms. The number of benzene rings is 2. The summed E-state index contributed by atoms with van der Waals surface area (Å²) in [6.45, 7) is 0. The third-order valence-electron chi connectivity index (χ3n) is 3.04. The van der Waals surface area contributed by atoms with Gasteiger partial charge in [0.05, 0.1) is 5.69 Å². The molecule has 0 amide bonds. The van der Waals surface area contributed by atoms with Gasteiger partial charge in [-0.1, -0.05) is 47.6 Å². The highest BCUT2D eigenvalue weighted by molar-refractivity contribution is 5.83. The summed E-state index contributed by atoms with van der Waals surface area (Å²) >= 11 is 0. The summed E-state index contributed by atoms with van der Waals surface area (Å²) in [5, 5.41) is 17.8. The van der Waals surface area contributed by atoms with E-state index >= 15 is 0 Å². The lowest BCUT2D eigenvalue weighted by Crippen LogP contribution is -2.33. The number of hydrogen-bond donors (Lipinski definition) is 2. The third kappa shape index (κ3) is 1.95. The highest BCUT2D eigenvalue weighted by atomic mass is 16.4. The molecule has 0 bridgehead atoms. The van der Waals surface area contributed by atoms with Crippen LogP contribution in [0.4, 0.5) is 5.69 Å². The lowest BCUT2D eigenvalue weighted by atomic mass is 10.2. The molecule has 0 aliphatic heterocycles. The normalized spacial score (nSPS) is 13.0. The molecule has 98 valence electrons. The number of nitrogens with one attached hydrogen (secondary N) is 1. The fraction of sp³-hybridized carbons (Fsp3) is 0. The van der Waals surface area contributed by atoms with Gasteiger partial charge in [-0.2, -0.15) is 5.10 Å². The van der Waals surface area contributed by atoms with Gasteiger partial charge in [-0.3, -0.25) is 10.2 Å². The molecule has 0 fully saturated rings. The van der Waals surface area contributed by atoms with Gasteiger partial charge >= 0.3 is 0 Å². The van der Waals surface area contributed by atoms with E-state index in [0.717, 1.165) is 5.69 Å². The van der Waals surface area contributed by atoms with E-state index < -0.39 is 0 Å². The largest absolute Gasteiger partial charge is 0.410 e.